The molecule has 0 aliphatic rings. The van der Waals surface area contributed by atoms with Gasteiger partial charge in [0.1, 0.15) is 17.0 Å². The maximum Gasteiger partial charge on any atom is 0.221 e. The van der Waals surface area contributed by atoms with Crippen LogP contribution in [0.15, 0.2) is 92.4 Å². The summed E-state index contributed by atoms with van der Waals surface area (Å²) in [5.41, 5.74) is 9.57. The minimum atomic E-state index is 0.439. The molecule has 10 aromatic heterocycles. The highest BCUT2D eigenvalue weighted by atomic mass is 16.1. The summed E-state index contributed by atoms with van der Waals surface area (Å²) in [6.07, 6.45) is 20.5. The van der Waals surface area contributed by atoms with Crippen LogP contribution in [-0.2, 0) is 27.2 Å². The Bertz CT molecular complexity index is 2890. The summed E-state index contributed by atoms with van der Waals surface area (Å²) in [5.74, 6) is 0. The van der Waals surface area contributed by atoms with Gasteiger partial charge in [-0.1, -0.05) is 22.6 Å². The average Bonchev–Trinajstić information content (AvgIpc) is 4.03. The van der Waals surface area contributed by atoms with Crippen LogP contribution in [0.4, 0.5) is 0 Å². The van der Waals surface area contributed by atoms with Gasteiger partial charge in [-0.05, 0) is 23.3 Å². The Morgan fingerprint density at radius 3 is 1.81 bits per heavy atom. The molecule has 0 unspecified atom stereocenters. The molecule has 0 spiro atoms. The highest BCUT2D eigenvalue weighted by molar-refractivity contribution is 5.74. The minimum Gasteiger partial charge on any atom is -0.307 e. The van der Waals surface area contributed by atoms with Gasteiger partial charge in [-0.15, -0.1) is 10.2 Å². The minimum absolute atomic E-state index is 0.439. The molecule has 0 aliphatic carbocycles. The third kappa shape index (κ3) is 5.66. The monoisotopic (exact) mass is 690 g/mol. The van der Waals surface area contributed by atoms with Gasteiger partial charge in [0.15, 0.2) is 17.6 Å². The Morgan fingerprint density at radius 1 is 0.635 bits per heavy atom. The van der Waals surface area contributed by atoms with Crippen molar-refractivity contribution in [2.75, 3.05) is 0 Å². The molecule has 19 nitrogen and oxygen atoms in total. The summed E-state index contributed by atoms with van der Waals surface area (Å²) in [4.78, 5) is 37.6. The molecule has 0 atom stereocenters. The van der Waals surface area contributed by atoms with Gasteiger partial charge in [0.2, 0.25) is 11.3 Å². The second-order valence-corrected chi connectivity index (χ2v) is 11.9. The largest absolute Gasteiger partial charge is 0.307 e. The molecular weight excluding hydrogens is 664 g/mol. The van der Waals surface area contributed by atoms with Gasteiger partial charge in [0.25, 0.3) is 0 Å². The van der Waals surface area contributed by atoms with Gasteiger partial charge in [-0.25, -0.2) is 39.3 Å². The zero-order valence-corrected chi connectivity index (χ0v) is 27.6. The predicted octanol–water partition coefficient (Wildman–Crippen LogP) is 2.45. The van der Waals surface area contributed by atoms with Crippen molar-refractivity contribution in [1.29, 1.82) is 0 Å². The van der Waals surface area contributed by atoms with E-state index in [1.54, 1.807) is 60.3 Å². The number of aromatic nitrogens is 18. The molecular formula is C33H26N18O. The zero-order chi connectivity index (χ0) is 35.2. The number of carbonyl (C=O) groups excluding carboxylic acids is 1. The van der Waals surface area contributed by atoms with Gasteiger partial charge in [-0.3, -0.25) is 18.6 Å². The van der Waals surface area contributed by atoms with E-state index >= 15 is 0 Å². The van der Waals surface area contributed by atoms with Crippen molar-refractivity contribution < 1.29 is 4.79 Å². The number of hydrogen-bond donors (Lipinski definition) is 0. The number of nitrogens with zero attached hydrogens (tertiary/aromatic N) is 18. The van der Waals surface area contributed by atoms with Gasteiger partial charge in [-0.2, -0.15) is 10.2 Å². The smallest absolute Gasteiger partial charge is 0.221 e. The Balaban J connectivity index is 0.000000139. The van der Waals surface area contributed by atoms with Crippen LogP contribution in [0, 0.1) is 0 Å². The molecule has 0 amide bonds. The number of rotatable bonds is 7. The third-order valence-electron chi connectivity index (χ3n) is 8.29. The van der Waals surface area contributed by atoms with E-state index in [9.17, 15) is 4.79 Å². The predicted molar refractivity (Wildman–Crippen MR) is 185 cm³/mol. The van der Waals surface area contributed by atoms with Crippen molar-refractivity contribution >= 4 is 40.2 Å². The van der Waals surface area contributed by atoms with Crippen molar-refractivity contribution in [1.82, 2.24) is 88.3 Å². The van der Waals surface area contributed by atoms with Gasteiger partial charge in [0, 0.05) is 62.4 Å². The van der Waals surface area contributed by atoms with E-state index in [4.69, 9.17) is 0 Å². The molecule has 10 heterocycles. The van der Waals surface area contributed by atoms with E-state index in [0.717, 1.165) is 39.9 Å². The molecule has 10 rings (SSSR count). The summed E-state index contributed by atoms with van der Waals surface area (Å²) in [6.45, 7) is 0.990. The van der Waals surface area contributed by atoms with Gasteiger partial charge >= 0.3 is 0 Å². The first kappa shape index (κ1) is 30.5. The first-order valence-electron chi connectivity index (χ1n) is 15.9. The molecule has 10 aromatic rings. The van der Waals surface area contributed by atoms with E-state index in [1.807, 2.05) is 73.7 Å². The molecule has 52 heavy (non-hydrogen) atoms. The Labute approximate surface area is 291 Å². The van der Waals surface area contributed by atoms with Crippen molar-refractivity contribution in [3.8, 4) is 22.5 Å². The first-order valence-corrected chi connectivity index (χ1v) is 15.9. The molecule has 0 saturated carbocycles. The van der Waals surface area contributed by atoms with Crippen LogP contribution in [-0.4, -0.2) is 94.5 Å². The van der Waals surface area contributed by atoms with E-state index in [2.05, 4.69) is 60.7 Å². The molecule has 0 aliphatic heterocycles. The Morgan fingerprint density at radius 2 is 1.23 bits per heavy atom. The van der Waals surface area contributed by atoms with Crippen molar-refractivity contribution in [2.45, 2.75) is 13.1 Å². The SMILES string of the molecule is Cn1cc(-c2cnc3nnn(Cc4ccc5ncc(C=O)n5c4)c3n2)cn1.Cn1cc(-c2cnc3nnn(Cc4ccc5nccn5c4)c3n2)cn1. The van der Waals surface area contributed by atoms with Crippen LogP contribution in [0.25, 0.3) is 56.4 Å². The zero-order valence-electron chi connectivity index (χ0n) is 27.6. The summed E-state index contributed by atoms with van der Waals surface area (Å²) >= 11 is 0. The topological polar surface area (TPSA) is 200 Å². The molecule has 0 aromatic carbocycles. The standard InChI is InChI=1S/C17H13N9O.C16H13N9/c1-24-9-12(4-20-24)14-6-19-16-17(21-14)26(23-22-16)8-11-2-3-15-18-5-13(10-27)25(15)7-11;1-23-10-12(6-19-23)13-7-18-15-16(20-13)25(22-21-15)9-11-2-3-14-17-4-5-24(14)8-11/h2-7,9-10H,8H2,1H3;2-8,10H,9H2,1H3. The molecule has 19 heteroatoms. The maximum absolute atomic E-state index is 11.1. The number of imidazole rings is 2. The highest BCUT2D eigenvalue weighted by Gasteiger charge is 2.14. The lowest BCUT2D eigenvalue weighted by atomic mass is 10.2. The van der Waals surface area contributed by atoms with E-state index in [0.29, 0.717) is 52.7 Å². The van der Waals surface area contributed by atoms with Crippen LogP contribution >= 0.6 is 0 Å². The van der Waals surface area contributed by atoms with Crippen LogP contribution in [0.1, 0.15) is 21.6 Å². The molecule has 0 saturated heterocycles. The summed E-state index contributed by atoms with van der Waals surface area (Å²) in [7, 11) is 3.72. The molecule has 0 bridgehead atoms. The summed E-state index contributed by atoms with van der Waals surface area (Å²) in [5, 5.41) is 24.9. The summed E-state index contributed by atoms with van der Waals surface area (Å²) < 4.78 is 10.6. The quantitative estimate of drug-likeness (QED) is 0.221. The maximum atomic E-state index is 11.1. The second kappa shape index (κ2) is 12.4. The van der Waals surface area contributed by atoms with Gasteiger partial charge < -0.3 is 4.40 Å². The number of hydrogen-bond acceptors (Lipinski definition) is 13. The molecule has 254 valence electrons. The lowest BCUT2D eigenvalue weighted by molar-refractivity contribution is 0.111. The van der Waals surface area contributed by atoms with Gasteiger partial charge in [0.05, 0.1) is 55.5 Å². The second-order valence-electron chi connectivity index (χ2n) is 11.9. The Hall–Kier alpha value is -7.57. The molecule has 0 fully saturated rings. The van der Waals surface area contributed by atoms with E-state index in [-0.39, 0.29) is 0 Å². The van der Waals surface area contributed by atoms with E-state index in [1.165, 1.54) is 0 Å². The number of aldehydes is 1. The lowest BCUT2D eigenvalue weighted by Gasteiger charge is -2.04. The fraction of sp³-hybridized carbons (Fsp3) is 0.121. The first-order chi connectivity index (χ1) is 25.5. The van der Waals surface area contributed by atoms with Crippen molar-refractivity contribution in [2.24, 2.45) is 14.1 Å². The third-order valence-corrected chi connectivity index (χ3v) is 8.29. The van der Waals surface area contributed by atoms with Crippen molar-refractivity contribution in [3.63, 3.8) is 0 Å². The summed E-state index contributed by atoms with van der Waals surface area (Å²) in [6, 6.07) is 7.78. The van der Waals surface area contributed by atoms with Crippen LogP contribution in [0.5, 0.6) is 0 Å². The number of carbonyl (C=O) groups is 1. The number of aryl methyl sites for hydroxylation is 2. The molecule has 0 radical (unpaired) electrons. The lowest BCUT2D eigenvalue weighted by Crippen LogP contribution is -2.05. The van der Waals surface area contributed by atoms with E-state index < -0.39 is 0 Å². The number of fused-ring (bicyclic) bond motifs is 4. The average molecular weight is 691 g/mol. The van der Waals surface area contributed by atoms with Crippen LogP contribution in [0.3, 0.4) is 0 Å². The van der Waals surface area contributed by atoms with Crippen LogP contribution in [0.2, 0.25) is 0 Å². The molecule has 0 N–H and O–H groups in total. The normalized spacial score (nSPS) is 11.5. The fourth-order valence-electron chi connectivity index (χ4n) is 5.74. The fourth-order valence-corrected chi connectivity index (χ4v) is 5.74. The number of pyridine rings is 2. The Kier molecular flexibility index (Phi) is 7.27. The van der Waals surface area contributed by atoms with Crippen molar-refractivity contribution in [3.05, 3.63) is 109 Å². The van der Waals surface area contributed by atoms with Crippen LogP contribution < -0.4 is 0 Å². The highest BCUT2D eigenvalue weighted by Crippen LogP contribution is 2.20.